The molecule has 0 saturated carbocycles. The third kappa shape index (κ3) is 6.05. The topological polar surface area (TPSA) is 70.5 Å². The van der Waals surface area contributed by atoms with E-state index in [0.717, 1.165) is 22.5 Å². The highest BCUT2D eigenvalue weighted by Gasteiger charge is 2.33. The predicted octanol–water partition coefficient (Wildman–Crippen LogP) is 1.36. The van der Waals surface area contributed by atoms with Crippen molar-refractivity contribution in [3.8, 4) is 0 Å². The minimum absolute atomic E-state index is 0.0927. The average Bonchev–Trinajstić information content (AvgIpc) is 3.17. The molecular weight excluding hydrogens is 387 g/mol. The van der Waals surface area contributed by atoms with Gasteiger partial charge >= 0.3 is 6.18 Å². The Morgan fingerprint density at radius 3 is 2.31 bits per heavy atom. The van der Waals surface area contributed by atoms with Crippen LogP contribution in [0, 0.1) is 0 Å². The zero-order chi connectivity index (χ0) is 20.9. The number of carbonyl (C=O) groups is 2. The van der Waals surface area contributed by atoms with Crippen LogP contribution in [0.3, 0.4) is 0 Å². The Labute approximate surface area is 166 Å². The van der Waals surface area contributed by atoms with E-state index in [0.29, 0.717) is 32.7 Å². The van der Waals surface area contributed by atoms with E-state index >= 15 is 0 Å². The van der Waals surface area contributed by atoms with Crippen molar-refractivity contribution in [2.45, 2.75) is 19.3 Å². The summed E-state index contributed by atoms with van der Waals surface area (Å²) < 4.78 is 38.7. The second-order valence-electron chi connectivity index (χ2n) is 6.82. The van der Waals surface area contributed by atoms with E-state index in [2.05, 4.69) is 10.4 Å². The summed E-state index contributed by atoms with van der Waals surface area (Å²) in [6, 6.07) is 10.4. The minimum Gasteiger partial charge on any atom is -0.351 e. The van der Waals surface area contributed by atoms with Crippen LogP contribution in [0.25, 0.3) is 0 Å². The standard InChI is InChI=1S/C19H22F3N5O2/c20-19(21,22)16-6-7-27(24-16)14-18(29)26-10-8-25(9-11-26)13-17(28)23-12-15-4-2-1-3-5-15/h1-7H,8-14H2,(H,23,28). The lowest BCUT2D eigenvalue weighted by atomic mass is 10.2. The fraction of sp³-hybridized carbons (Fsp3) is 0.421. The van der Waals surface area contributed by atoms with Gasteiger partial charge in [0.2, 0.25) is 11.8 Å². The molecule has 1 aliphatic rings. The van der Waals surface area contributed by atoms with Gasteiger partial charge in [-0.25, -0.2) is 0 Å². The lowest BCUT2D eigenvalue weighted by Crippen LogP contribution is -2.51. The third-order valence-electron chi connectivity index (χ3n) is 4.65. The van der Waals surface area contributed by atoms with Gasteiger partial charge in [-0.05, 0) is 11.6 Å². The van der Waals surface area contributed by atoms with Crippen molar-refractivity contribution in [2.75, 3.05) is 32.7 Å². The zero-order valence-electron chi connectivity index (χ0n) is 15.7. The molecule has 0 aliphatic carbocycles. The third-order valence-corrected chi connectivity index (χ3v) is 4.65. The highest BCUT2D eigenvalue weighted by molar-refractivity contribution is 5.78. The summed E-state index contributed by atoms with van der Waals surface area (Å²) in [5, 5.41) is 6.26. The SMILES string of the molecule is O=C(CN1CCN(C(=O)Cn2ccc(C(F)(F)F)n2)CC1)NCc1ccccc1. The molecule has 156 valence electrons. The highest BCUT2D eigenvalue weighted by Crippen LogP contribution is 2.27. The van der Waals surface area contributed by atoms with Gasteiger partial charge in [-0.3, -0.25) is 19.2 Å². The largest absolute Gasteiger partial charge is 0.435 e. The molecule has 29 heavy (non-hydrogen) atoms. The molecule has 10 heteroatoms. The van der Waals surface area contributed by atoms with E-state index in [-0.39, 0.29) is 24.9 Å². The van der Waals surface area contributed by atoms with Gasteiger partial charge in [-0.15, -0.1) is 0 Å². The first kappa shape index (κ1) is 20.8. The number of hydrogen-bond donors (Lipinski definition) is 1. The Balaban J connectivity index is 1.40. The number of benzene rings is 1. The predicted molar refractivity (Wildman–Crippen MR) is 98.5 cm³/mol. The van der Waals surface area contributed by atoms with E-state index < -0.39 is 11.9 Å². The van der Waals surface area contributed by atoms with Crippen molar-refractivity contribution in [1.82, 2.24) is 24.9 Å². The number of alkyl halides is 3. The lowest BCUT2D eigenvalue weighted by molar-refractivity contribution is -0.142. The monoisotopic (exact) mass is 409 g/mol. The number of piperazine rings is 1. The molecule has 0 unspecified atom stereocenters. The summed E-state index contributed by atoms with van der Waals surface area (Å²) in [6.07, 6.45) is -3.38. The maximum Gasteiger partial charge on any atom is 0.435 e. The van der Waals surface area contributed by atoms with Gasteiger partial charge in [0.25, 0.3) is 0 Å². The minimum atomic E-state index is -4.53. The molecule has 2 heterocycles. The first-order valence-corrected chi connectivity index (χ1v) is 9.22. The van der Waals surface area contributed by atoms with Crippen LogP contribution in [0.5, 0.6) is 0 Å². The Hall–Kier alpha value is -2.88. The molecule has 3 rings (SSSR count). The molecule has 0 bridgehead atoms. The molecular formula is C19H22F3N5O2. The normalized spacial score (nSPS) is 15.3. The quantitative estimate of drug-likeness (QED) is 0.782. The molecule has 0 spiro atoms. The van der Waals surface area contributed by atoms with Gasteiger partial charge in [0.15, 0.2) is 5.69 Å². The fourth-order valence-electron chi connectivity index (χ4n) is 3.05. The van der Waals surface area contributed by atoms with Gasteiger partial charge in [0.1, 0.15) is 6.54 Å². The number of amides is 2. The van der Waals surface area contributed by atoms with Crippen molar-refractivity contribution in [1.29, 1.82) is 0 Å². The van der Waals surface area contributed by atoms with Gasteiger partial charge < -0.3 is 10.2 Å². The van der Waals surface area contributed by atoms with Gasteiger partial charge in [0, 0.05) is 38.9 Å². The molecule has 1 saturated heterocycles. The molecule has 2 aromatic rings. The number of rotatable bonds is 6. The molecule has 1 N–H and O–H groups in total. The van der Waals surface area contributed by atoms with Crippen molar-refractivity contribution >= 4 is 11.8 Å². The Morgan fingerprint density at radius 1 is 1.00 bits per heavy atom. The maximum absolute atomic E-state index is 12.6. The number of aromatic nitrogens is 2. The molecule has 1 aliphatic heterocycles. The van der Waals surface area contributed by atoms with Crippen LogP contribution in [-0.4, -0.2) is 64.1 Å². The van der Waals surface area contributed by atoms with Crippen LogP contribution in [0.4, 0.5) is 13.2 Å². The zero-order valence-corrected chi connectivity index (χ0v) is 15.7. The van der Waals surface area contributed by atoms with E-state index in [1.54, 1.807) is 4.90 Å². The summed E-state index contributed by atoms with van der Waals surface area (Å²) in [7, 11) is 0. The van der Waals surface area contributed by atoms with E-state index in [1.807, 2.05) is 35.2 Å². The van der Waals surface area contributed by atoms with Gasteiger partial charge in [-0.2, -0.15) is 18.3 Å². The maximum atomic E-state index is 12.6. The molecule has 1 fully saturated rings. The van der Waals surface area contributed by atoms with E-state index in [4.69, 9.17) is 0 Å². The molecule has 0 atom stereocenters. The van der Waals surface area contributed by atoms with E-state index in [1.165, 1.54) is 0 Å². The van der Waals surface area contributed by atoms with Crippen molar-refractivity contribution in [3.63, 3.8) is 0 Å². The molecule has 7 nitrogen and oxygen atoms in total. The number of nitrogens with one attached hydrogen (secondary N) is 1. The van der Waals surface area contributed by atoms with Crippen LogP contribution < -0.4 is 5.32 Å². The number of carbonyl (C=O) groups excluding carboxylic acids is 2. The molecule has 2 amide bonds. The van der Waals surface area contributed by atoms with E-state index in [9.17, 15) is 22.8 Å². The van der Waals surface area contributed by atoms with Crippen LogP contribution in [-0.2, 0) is 28.9 Å². The number of hydrogen-bond acceptors (Lipinski definition) is 4. The van der Waals surface area contributed by atoms with Crippen LogP contribution in [0.2, 0.25) is 0 Å². The van der Waals surface area contributed by atoms with Crippen molar-refractivity contribution in [2.24, 2.45) is 0 Å². The summed E-state index contributed by atoms with van der Waals surface area (Å²) in [6.45, 7) is 2.34. The first-order chi connectivity index (χ1) is 13.8. The van der Waals surface area contributed by atoms with Crippen molar-refractivity contribution < 1.29 is 22.8 Å². The second-order valence-corrected chi connectivity index (χ2v) is 6.82. The number of halogens is 3. The number of nitrogens with zero attached hydrogens (tertiary/aromatic N) is 4. The summed E-state index contributed by atoms with van der Waals surface area (Å²) in [4.78, 5) is 27.9. The van der Waals surface area contributed by atoms with Crippen LogP contribution >= 0.6 is 0 Å². The Bertz CT molecular complexity index is 830. The van der Waals surface area contributed by atoms with Crippen LogP contribution in [0.15, 0.2) is 42.6 Å². The lowest BCUT2D eigenvalue weighted by Gasteiger charge is -2.34. The Kier molecular flexibility index (Phi) is 6.53. The highest BCUT2D eigenvalue weighted by atomic mass is 19.4. The molecule has 1 aromatic heterocycles. The van der Waals surface area contributed by atoms with Crippen molar-refractivity contribution in [3.05, 3.63) is 53.9 Å². The molecule has 0 radical (unpaired) electrons. The van der Waals surface area contributed by atoms with Gasteiger partial charge in [-0.1, -0.05) is 30.3 Å². The fourth-order valence-corrected chi connectivity index (χ4v) is 3.05. The van der Waals surface area contributed by atoms with Gasteiger partial charge in [0.05, 0.1) is 6.54 Å². The Morgan fingerprint density at radius 2 is 1.69 bits per heavy atom. The summed E-state index contributed by atoms with van der Waals surface area (Å²) in [5.74, 6) is -0.389. The summed E-state index contributed by atoms with van der Waals surface area (Å²) in [5.41, 5.74) is 0.000187. The smallest absolute Gasteiger partial charge is 0.351 e. The first-order valence-electron chi connectivity index (χ1n) is 9.22. The second kappa shape index (κ2) is 9.08. The molecule has 1 aromatic carbocycles. The van der Waals surface area contributed by atoms with Crippen LogP contribution in [0.1, 0.15) is 11.3 Å². The average molecular weight is 409 g/mol. The summed E-state index contributed by atoms with van der Waals surface area (Å²) >= 11 is 0.